The Morgan fingerprint density at radius 3 is 2.87 bits per heavy atom. The molecule has 1 aromatic carbocycles. The van der Waals surface area contributed by atoms with Crippen molar-refractivity contribution in [2.75, 3.05) is 7.11 Å². The summed E-state index contributed by atoms with van der Waals surface area (Å²) in [5.41, 5.74) is 1.74. The van der Waals surface area contributed by atoms with E-state index in [0.29, 0.717) is 10.9 Å². The molecule has 0 heterocycles. The number of ether oxygens (including phenoxy) is 1. The number of carbonyl (C=O) groups is 1. The molecule has 80 valence electrons. The van der Waals surface area contributed by atoms with Crippen molar-refractivity contribution in [3.05, 3.63) is 40.4 Å². The third-order valence-electron chi connectivity index (χ3n) is 1.85. The smallest absolute Gasteiger partial charge is 0.330 e. The molecule has 1 aromatic rings. The molecule has 0 spiro atoms. The summed E-state index contributed by atoms with van der Waals surface area (Å²) in [6, 6.07) is 5.32. The monoisotopic (exact) mass is 244 g/mol. The third-order valence-corrected chi connectivity index (χ3v) is 2.37. The van der Waals surface area contributed by atoms with E-state index in [1.54, 1.807) is 24.3 Å². The van der Waals surface area contributed by atoms with Gasteiger partial charge in [0.15, 0.2) is 0 Å². The fourth-order valence-electron chi connectivity index (χ4n) is 1.08. The number of halogens is 2. The van der Waals surface area contributed by atoms with Crippen LogP contribution in [-0.2, 0) is 15.4 Å². The van der Waals surface area contributed by atoms with E-state index in [1.807, 2.05) is 0 Å². The van der Waals surface area contributed by atoms with Crippen LogP contribution in [0.4, 0.5) is 0 Å². The average Bonchev–Trinajstić information content (AvgIpc) is 2.26. The van der Waals surface area contributed by atoms with Gasteiger partial charge in [0, 0.05) is 17.0 Å². The maximum absolute atomic E-state index is 10.9. The second kappa shape index (κ2) is 5.79. The number of esters is 1. The summed E-state index contributed by atoms with van der Waals surface area (Å²) in [5, 5.41) is 0.626. The Labute approximate surface area is 98.4 Å². The molecule has 0 radical (unpaired) electrons. The standard InChI is InChI=1S/C11H10Cl2O2/c1-15-11(14)5-3-8-2-4-10(13)6-9(8)7-12/h2-6H,7H2,1H3/b5-3-. The van der Waals surface area contributed by atoms with E-state index < -0.39 is 5.97 Å². The van der Waals surface area contributed by atoms with Crippen LogP contribution in [0.5, 0.6) is 0 Å². The van der Waals surface area contributed by atoms with Crippen LogP contribution in [0.2, 0.25) is 5.02 Å². The lowest BCUT2D eigenvalue weighted by atomic mass is 10.1. The first-order valence-corrected chi connectivity index (χ1v) is 5.19. The molecule has 0 aliphatic rings. The van der Waals surface area contributed by atoms with Crippen LogP contribution in [0.3, 0.4) is 0 Å². The van der Waals surface area contributed by atoms with Gasteiger partial charge >= 0.3 is 5.97 Å². The highest BCUT2D eigenvalue weighted by Crippen LogP contribution is 2.19. The third kappa shape index (κ3) is 3.57. The Morgan fingerprint density at radius 1 is 1.53 bits per heavy atom. The molecule has 4 heteroatoms. The van der Waals surface area contributed by atoms with Crippen molar-refractivity contribution < 1.29 is 9.53 Å². The van der Waals surface area contributed by atoms with E-state index in [0.717, 1.165) is 11.1 Å². The fraction of sp³-hybridized carbons (Fsp3) is 0.182. The predicted octanol–water partition coefficient (Wildman–Crippen LogP) is 3.27. The van der Waals surface area contributed by atoms with E-state index in [2.05, 4.69) is 4.74 Å². The second-order valence-corrected chi connectivity index (χ2v) is 3.54. The largest absolute Gasteiger partial charge is 0.466 e. The van der Waals surface area contributed by atoms with Crippen molar-refractivity contribution in [1.29, 1.82) is 0 Å². The first kappa shape index (κ1) is 12.1. The molecular formula is C11H10Cl2O2. The number of alkyl halides is 1. The number of hydrogen-bond acceptors (Lipinski definition) is 2. The minimum atomic E-state index is -0.398. The summed E-state index contributed by atoms with van der Waals surface area (Å²) in [6.07, 6.45) is 3.00. The topological polar surface area (TPSA) is 26.3 Å². The fourth-order valence-corrected chi connectivity index (χ4v) is 1.50. The quantitative estimate of drug-likeness (QED) is 0.464. The molecule has 0 fully saturated rings. The van der Waals surface area contributed by atoms with Crippen LogP contribution >= 0.6 is 23.2 Å². The van der Waals surface area contributed by atoms with E-state index in [-0.39, 0.29) is 0 Å². The summed E-state index contributed by atoms with van der Waals surface area (Å²) < 4.78 is 4.48. The Morgan fingerprint density at radius 2 is 2.27 bits per heavy atom. The molecule has 0 N–H and O–H groups in total. The summed E-state index contributed by atoms with van der Waals surface area (Å²) in [6.45, 7) is 0. The van der Waals surface area contributed by atoms with Crippen LogP contribution in [0, 0.1) is 0 Å². The predicted molar refractivity (Wildman–Crippen MR) is 62.1 cm³/mol. The van der Waals surface area contributed by atoms with E-state index in [4.69, 9.17) is 23.2 Å². The van der Waals surface area contributed by atoms with Crippen LogP contribution in [0.25, 0.3) is 6.08 Å². The van der Waals surface area contributed by atoms with Crippen molar-refractivity contribution in [2.45, 2.75) is 5.88 Å². The molecule has 0 atom stereocenters. The molecule has 2 nitrogen and oxygen atoms in total. The molecule has 0 aliphatic heterocycles. The number of benzene rings is 1. The van der Waals surface area contributed by atoms with Gasteiger partial charge in [0.25, 0.3) is 0 Å². The van der Waals surface area contributed by atoms with Gasteiger partial charge in [-0.15, -0.1) is 11.6 Å². The van der Waals surface area contributed by atoms with Gasteiger partial charge in [0.05, 0.1) is 7.11 Å². The Bertz CT molecular complexity index is 386. The SMILES string of the molecule is COC(=O)/C=C\c1ccc(Cl)cc1CCl. The Balaban J connectivity index is 2.94. The first-order valence-electron chi connectivity index (χ1n) is 4.28. The van der Waals surface area contributed by atoms with Crippen LogP contribution < -0.4 is 0 Å². The van der Waals surface area contributed by atoms with Crippen LogP contribution in [-0.4, -0.2) is 13.1 Å². The molecule has 0 saturated carbocycles. The normalized spacial score (nSPS) is 10.6. The molecule has 0 aliphatic carbocycles. The van der Waals surface area contributed by atoms with Crippen molar-refractivity contribution in [3.63, 3.8) is 0 Å². The van der Waals surface area contributed by atoms with Gasteiger partial charge < -0.3 is 4.74 Å². The Hall–Kier alpha value is -0.990. The van der Waals surface area contributed by atoms with Crippen LogP contribution in [0.1, 0.15) is 11.1 Å². The number of carbonyl (C=O) groups excluding carboxylic acids is 1. The maximum atomic E-state index is 10.9. The second-order valence-electron chi connectivity index (χ2n) is 2.83. The first-order chi connectivity index (χ1) is 7.17. The van der Waals surface area contributed by atoms with E-state index in [9.17, 15) is 4.79 Å². The Kier molecular flexibility index (Phi) is 4.66. The zero-order valence-corrected chi connectivity index (χ0v) is 9.68. The van der Waals surface area contributed by atoms with Gasteiger partial charge in [-0.1, -0.05) is 17.7 Å². The van der Waals surface area contributed by atoms with Crippen molar-refractivity contribution >= 4 is 35.2 Å². The van der Waals surface area contributed by atoms with Gasteiger partial charge in [-0.3, -0.25) is 0 Å². The average molecular weight is 245 g/mol. The molecule has 1 rings (SSSR count). The van der Waals surface area contributed by atoms with Crippen molar-refractivity contribution in [3.8, 4) is 0 Å². The summed E-state index contributed by atoms with van der Waals surface area (Å²) in [4.78, 5) is 10.9. The van der Waals surface area contributed by atoms with Gasteiger partial charge in [0.1, 0.15) is 0 Å². The van der Waals surface area contributed by atoms with Gasteiger partial charge in [-0.25, -0.2) is 4.79 Å². The van der Waals surface area contributed by atoms with Gasteiger partial charge in [-0.2, -0.15) is 0 Å². The van der Waals surface area contributed by atoms with Crippen molar-refractivity contribution in [2.24, 2.45) is 0 Å². The minimum absolute atomic E-state index is 0.349. The summed E-state index contributed by atoms with van der Waals surface area (Å²) in [5.74, 6) is -0.0491. The number of rotatable bonds is 3. The molecular weight excluding hydrogens is 235 g/mol. The lowest BCUT2D eigenvalue weighted by molar-refractivity contribution is -0.134. The zero-order valence-electron chi connectivity index (χ0n) is 8.17. The lowest BCUT2D eigenvalue weighted by Crippen LogP contribution is -1.94. The molecule has 0 saturated heterocycles. The highest BCUT2D eigenvalue weighted by Gasteiger charge is 2.00. The highest BCUT2D eigenvalue weighted by atomic mass is 35.5. The summed E-state index contributed by atoms with van der Waals surface area (Å²) in [7, 11) is 1.33. The number of methoxy groups -OCH3 is 1. The van der Waals surface area contributed by atoms with Gasteiger partial charge in [-0.05, 0) is 29.3 Å². The highest BCUT2D eigenvalue weighted by molar-refractivity contribution is 6.30. The molecule has 0 bridgehead atoms. The number of hydrogen-bond donors (Lipinski definition) is 0. The minimum Gasteiger partial charge on any atom is -0.466 e. The molecule has 0 amide bonds. The zero-order chi connectivity index (χ0) is 11.3. The summed E-state index contributed by atoms with van der Waals surface area (Å²) >= 11 is 11.6. The van der Waals surface area contributed by atoms with E-state index >= 15 is 0 Å². The maximum Gasteiger partial charge on any atom is 0.330 e. The molecule has 0 unspecified atom stereocenters. The lowest BCUT2D eigenvalue weighted by Gasteiger charge is -2.02. The van der Waals surface area contributed by atoms with E-state index in [1.165, 1.54) is 13.2 Å². The van der Waals surface area contributed by atoms with Crippen molar-refractivity contribution in [1.82, 2.24) is 0 Å². The van der Waals surface area contributed by atoms with Crippen LogP contribution in [0.15, 0.2) is 24.3 Å². The van der Waals surface area contributed by atoms with Gasteiger partial charge in [0.2, 0.25) is 0 Å². The molecule has 0 aromatic heterocycles. The molecule has 15 heavy (non-hydrogen) atoms.